The van der Waals surface area contributed by atoms with E-state index in [0.717, 1.165) is 32.8 Å². The molecule has 1 aromatic carbocycles. The van der Waals surface area contributed by atoms with E-state index < -0.39 is 0 Å². The highest BCUT2D eigenvalue weighted by molar-refractivity contribution is 5.99. The van der Waals surface area contributed by atoms with Crippen molar-refractivity contribution in [2.75, 3.05) is 50.0 Å². The largest absolute Gasteiger partial charge is 0.379 e. The standard InChI is InChI=1S/C19H26N4O4/c1-13(24)21-14-2-4-15(5-3-14)22-19(26)17-12-16(17)18(25)20-6-7-23-8-10-27-11-9-23/h2-5,16-17H,6-12H2,1H3,(H,20,25)(H,21,24)(H,22,26). The Kier molecular flexibility index (Phi) is 6.41. The zero-order valence-electron chi connectivity index (χ0n) is 15.5. The molecule has 1 aromatic rings. The van der Waals surface area contributed by atoms with Crippen LogP contribution in [0.2, 0.25) is 0 Å². The van der Waals surface area contributed by atoms with Crippen LogP contribution in [0.3, 0.4) is 0 Å². The van der Waals surface area contributed by atoms with Crippen molar-refractivity contribution in [2.45, 2.75) is 13.3 Å². The number of amides is 3. The fraction of sp³-hybridized carbons (Fsp3) is 0.526. The average molecular weight is 374 g/mol. The van der Waals surface area contributed by atoms with Crippen molar-refractivity contribution in [3.05, 3.63) is 24.3 Å². The van der Waals surface area contributed by atoms with Crippen LogP contribution in [0.4, 0.5) is 11.4 Å². The molecule has 1 aliphatic carbocycles. The number of ether oxygens (including phenoxy) is 1. The van der Waals surface area contributed by atoms with E-state index >= 15 is 0 Å². The maximum absolute atomic E-state index is 12.3. The first kappa shape index (κ1) is 19.3. The summed E-state index contributed by atoms with van der Waals surface area (Å²) < 4.78 is 5.30. The summed E-state index contributed by atoms with van der Waals surface area (Å²) in [7, 11) is 0. The molecule has 2 unspecified atom stereocenters. The van der Waals surface area contributed by atoms with Gasteiger partial charge in [-0.1, -0.05) is 0 Å². The molecule has 8 nitrogen and oxygen atoms in total. The summed E-state index contributed by atoms with van der Waals surface area (Å²) in [5, 5.41) is 8.42. The van der Waals surface area contributed by atoms with Gasteiger partial charge in [0.25, 0.3) is 0 Å². The second kappa shape index (κ2) is 8.96. The lowest BCUT2D eigenvalue weighted by Crippen LogP contribution is -2.41. The number of carbonyl (C=O) groups is 3. The molecule has 3 amide bonds. The van der Waals surface area contributed by atoms with Crippen LogP contribution in [0.1, 0.15) is 13.3 Å². The highest BCUT2D eigenvalue weighted by Gasteiger charge is 2.47. The molecule has 27 heavy (non-hydrogen) atoms. The number of nitrogens with one attached hydrogen (secondary N) is 3. The van der Waals surface area contributed by atoms with Crippen LogP contribution < -0.4 is 16.0 Å². The molecule has 1 aliphatic heterocycles. The zero-order chi connectivity index (χ0) is 19.2. The van der Waals surface area contributed by atoms with Crippen molar-refractivity contribution < 1.29 is 19.1 Å². The van der Waals surface area contributed by atoms with Crippen molar-refractivity contribution in [1.29, 1.82) is 0 Å². The summed E-state index contributed by atoms with van der Waals surface area (Å²) in [6, 6.07) is 6.89. The van der Waals surface area contributed by atoms with Crippen LogP contribution in [0.5, 0.6) is 0 Å². The van der Waals surface area contributed by atoms with E-state index in [4.69, 9.17) is 4.74 Å². The van der Waals surface area contributed by atoms with Crippen molar-refractivity contribution in [1.82, 2.24) is 10.2 Å². The van der Waals surface area contributed by atoms with Crippen LogP contribution in [0.25, 0.3) is 0 Å². The van der Waals surface area contributed by atoms with Gasteiger partial charge in [0, 0.05) is 44.5 Å². The Balaban J connectivity index is 1.37. The molecule has 2 aliphatic rings. The first-order valence-electron chi connectivity index (χ1n) is 9.29. The van der Waals surface area contributed by atoms with E-state index in [1.807, 2.05) is 0 Å². The number of morpholine rings is 1. The van der Waals surface area contributed by atoms with Gasteiger partial charge >= 0.3 is 0 Å². The molecular weight excluding hydrogens is 348 g/mol. The van der Waals surface area contributed by atoms with E-state index in [9.17, 15) is 14.4 Å². The minimum absolute atomic E-state index is 0.0515. The van der Waals surface area contributed by atoms with Gasteiger partial charge in [-0.15, -0.1) is 0 Å². The molecule has 2 fully saturated rings. The Bertz CT molecular complexity index is 685. The Labute approximate surface area is 158 Å². The number of hydrogen-bond donors (Lipinski definition) is 3. The number of carbonyl (C=O) groups excluding carboxylic acids is 3. The van der Waals surface area contributed by atoms with Crippen molar-refractivity contribution in [3.63, 3.8) is 0 Å². The van der Waals surface area contributed by atoms with Crippen LogP contribution >= 0.6 is 0 Å². The monoisotopic (exact) mass is 374 g/mol. The van der Waals surface area contributed by atoms with E-state index in [1.54, 1.807) is 24.3 Å². The molecule has 0 spiro atoms. The molecule has 3 rings (SSSR count). The van der Waals surface area contributed by atoms with Gasteiger partial charge in [0.1, 0.15) is 0 Å². The smallest absolute Gasteiger partial charge is 0.228 e. The summed E-state index contributed by atoms with van der Waals surface area (Å²) in [5.41, 5.74) is 1.32. The predicted molar refractivity (Wildman–Crippen MR) is 101 cm³/mol. The molecule has 146 valence electrons. The summed E-state index contributed by atoms with van der Waals surface area (Å²) in [5.74, 6) is -0.857. The third-order valence-corrected chi connectivity index (χ3v) is 4.77. The molecule has 1 heterocycles. The van der Waals surface area contributed by atoms with E-state index in [2.05, 4.69) is 20.9 Å². The number of nitrogens with zero attached hydrogens (tertiary/aromatic N) is 1. The van der Waals surface area contributed by atoms with Crippen molar-refractivity contribution in [2.24, 2.45) is 11.8 Å². The fourth-order valence-electron chi connectivity index (χ4n) is 3.14. The lowest BCUT2D eigenvalue weighted by Gasteiger charge is -2.26. The summed E-state index contributed by atoms with van der Waals surface area (Å²) >= 11 is 0. The van der Waals surface area contributed by atoms with Gasteiger partial charge in [0.15, 0.2) is 0 Å². The summed E-state index contributed by atoms with van der Waals surface area (Å²) in [4.78, 5) is 37.7. The van der Waals surface area contributed by atoms with Crippen molar-refractivity contribution >= 4 is 29.1 Å². The van der Waals surface area contributed by atoms with Gasteiger partial charge in [-0.25, -0.2) is 0 Å². The maximum atomic E-state index is 12.3. The average Bonchev–Trinajstić information content (AvgIpc) is 3.45. The van der Waals surface area contributed by atoms with Gasteiger partial charge in [0.05, 0.1) is 25.0 Å². The Morgan fingerprint density at radius 2 is 1.59 bits per heavy atom. The van der Waals surface area contributed by atoms with Gasteiger partial charge in [-0.2, -0.15) is 0 Å². The highest BCUT2D eigenvalue weighted by Crippen LogP contribution is 2.39. The van der Waals surface area contributed by atoms with Gasteiger partial charge in [-0.3, -0.25) is 19.3 Å². The van der Waals surface area contributed by atoms with Gasteiger partial charge < -0.3 is 20.7 Å². The molecule has 1 saturated carbocycles. The minimum atomic E-state index is -0.275. The Hall–Kier alpha value is -2.45. The first-order valence-corrected chi connectivity index (χ1v) is 9.29. The minimum Gasteiger partial charge on any atom is -0.379 e. The molecular formula is C19H26N4O4. The van der Waals surface area contributed by atoms with Crippen LogP contribution in [-0.2, 0) is 19.1 Å². The highest BCUT2D eigenvalue weighted by atomic mass is 16.5. The second-order valence-corrected chi connectivity index (χ2v) is 6.94. The number of benzene rings is 1. The SMILES string of the molecule is CC(=O)Nc1ccc(NC(=O)C2CC2C(=O)NCCN2CCOCC2)cc1. The first-order chi connectivity index (χ1) is 13.0. The Morgan fingerprint density at radius 3 is 2.22 bits per heavy atom. The number of rotatable bonds is 7. The summed E-state index contributed by atoms with van der Waals surface area (Å²) in [6.07, 6.45) is 0.583. The molecule has 0 aromatic heterocycles. The Morgan fingerprint density at radius 1 is 1.00 bits per heavy atom. The van der Waals surface area contributed by atoms with E-state index in [0.29, 0.717) is 24.3 Å². The van der Waals surface area contributed by atoms with Gasteiger partial charge in [0.2, 0.25) is 17.7 Å². The number of hydrogen-bond acceptors (Lipinski definition) is 5. The molecule has 0 bridgehead atoms. The molecule has 8 heteroatoms. The second-order valence-electron chi connectivity index (χ2n) is 6.94. The molecule has 2 atom stereocenters. The third-order valence-electron chi connectivity index (χ3n) is 4.77. The molecule has 1 saturated heterocycles. The molecule has 0 radical (unpaired) electrons. The lowest BCUT2D eigenvalue weighted by molar-refractivity contribution is -0.125. The number of anilines is 2. The normalized spacial score (nSPS) is 22.0. The fourth-order valence-corrected chi connectivity index (χ4v) is 3.14. The van der Waals surface area contributed by atoms with Gasteiger partial charge in [-0.05, 0) is 30.7 Å². The van der Waals surface area contributed by atoms with Crippen LogP contribution in [-0.4, -0.2) is 62.0 Å². The maximum Gasteiger partial charge on any atom is 0.228 e. The topological polar surface area (TPSA) is 99.8 Å². The zero-order valence-corrected chi connectivity index (χ0v) is 15.5. The van der Waals surface area contributed by atoms with E-state index in [-0.39, 0.29) is 29.6 Å². The predicted octanol–water partition coefficient (Wildman–Crippen LogP) is 0.668. The van der Waals surface area contributed by atoms with Crippen LogP contribution in [0, 0.1) is 11.8 Å². The lowest BCUT2D eigenvalue weighted by atomic mass is 10.2. The van der Waals surface area contributed by atoms with Crippen molar-refractivity contribution in [3.8, 4) is 0 Å². The molecule has 3 N–H and O–H groups in total. The summed E-state index contributed by atoms with van der Waals surface area (Å²) in [6.45, 7) is 6.11. The quantitative estimate of drug-likeness (QED) is 0.651. The van der Waals surface area contributed by atoms with Crippen LogP contribution in [0.15, 0.2) is 24.3 Å². The van der Waals surface area contributed by atoms with E-state index in [1.165, 1.54) is 6.92 Å². The third kappa shape index (κ3) is 5.77.